The SMILES string of the molecule is CC(C)(C)OC(=O)CON(CC(O)[C@@H](O)C(O)[C@@H](O)C(O)N(N=[N+]=[N-])C(=O)OC(C)(C)C)O[Si](C)(C)C(C)(C)C. The van der Waals surface area contributed by atoms with E-state index in [0.717, 1.165) is 5.23 Å². The number of rotatable bonds is 13. The molecule has 0 aliphatic heterocycles. The monoisotopic (exact) mass is 597 g/mol. The van der Waals surface area contributed by atoms with Crippen molar-refractivity contribution < 1.29 is 54.0 Å². The number of carbonyl (C=O) groups excluding carboxylic acids is 2. The van der Waals surface area contributed by atoms with E-state index in [4.69, 9.17) is 24.4 Å². The summed E-state index contributed by atoms with van der Waals surface area (Å²) in [4.78, 5) is 32.3. The van der Waals surface area contributed by atoms with E-state index in [1.165, 1.54) is 20.8 Å². The number of ether oxygens (including phenoxy) is 2. The van der Waals surface area contributed by atoms with Gasteiger partial charge in [0.1, 0.15) is 29.5 Å². The van der Waals surface area contributed by atoms with Gasteiger partial charge in [0.05, 0.1) is 12.6 Å². The van der Waals surface area contributed by atoms with Crippen molar-refractivity contribution in [1.82, 2.24) is 10.2 Å². The van der Waals surface area contributed by atoms with Crippen LogP contribution in [-0.2, 0) is 23.6 Å². The second-order valence-corrected chi connectivity index (χ2v) is 17.4. The zero-order chi connectivity index (χ0) is 31.9. The summed E-state index contributed by atoms with van der Waals surface area (Å²) in [6.45, 7) is 17.8. The number of aliphatic hydroxyl groups is 5. The minimum Gasteiger partial charge on any atom is -0.458 e. The van der Waals surface area contributed by atoms with E-state index >= 15 is 0 Å². The van der Waals surface area contributed by atoms with Crippen LogP contribution in [0.3, 0.4) is 0 Å². The molecule has 40 heavy (non-hydrogen) atoms. The van der Waals surface area contributed by atoms with Crippen LogP contribution in [0.2, 0.25) is 18.1 Å². The Kier molecular flexibility index (Phi) is 14.0. The molecule has 0 aliphatic rings. The van der Waals surface area contributed by atoms with E-state index in [1.54, 1.807) is 20.8 Å². The minimum absolute atomic E-state index is 0.0368. The van der Waals surface area contributed by atoms with Crippen LogP contribution >= 0.6 is 0 Å². The van der Waals surface area contributed by atoms with Crippen LogP contribution in [-0.4, -0.2) is 111 Å². The first-order valence-electron chi connectivity index (χ1n) is 12.6. The number of hydroxylamine groups is 2. The molecule has 0 rings (SSSR count). The molecule has 0 saturated heterocycles. The number of hydrogen-bond donors (Lipinski definition) is 5. The fraction of sp³-hybridized carbons (Fsp3) is 0.913. The van der Waals surface area contributed by atoms with E-state index < -0.39 is 75.4 Å². The standard InChI is InChI=1S/C23H47N5O11Si/c1-21(2,3)37-15(30)13-36-27(39-40(10,11)23(7,8)9)12-14(29)16(31)17(32)18(33)19(34)28(26-25-24)20(35)38-22(4,5)6/h14,16-19,29,31-34H,12-13H2,1-11H3/t14?,16-,17?,18-,19?/m1/s1. The molecule has 0 aromatic rings. The molecule has 0 aliphatic carbocycles. The van der Waals surface area contributed by atoms with Gasteiger partial charge in [0, 0.05) is 0 Å². The first kappa shape index (κ1) is 37.9. The van der Waals surface area contributed by atoms with Gasteiger partial charge < -0.3 is 39.5 Å². The van der Waals surface area contributed by atoms with Crippen LogP contribution < -0.4 is 0 Å². The van der Waals surface area contributed by atoms with Crippen molar-refractivity contribution in [2.75, 3.05) is 13.2 Å². The molecule has 16 nitrogen and oxygen atoms in total. The molecule has 5 N–H and O–H groups in total. The average Bonchev–Trinajstić information content (AvgIpc) is 2.75. The fourth-order valence-electron chi connectivity index (χ4n) is 2.56. The molecular weight excluding hydrogens is 550 g/mol. The Morgan fingerprint density at radius 2 is 1.38 bits per heavy atom. The number of hydrogen-bond acceptors (Lipinski definition) is 13. The molecule has 0 spiro atoms. The molecular formula is C23H47N5O11Si. The number of amides is 1. The predicted molar refractivity (Wildman–Crippen MR) is 144 cm³/mol. The molecule has 0 aromatic heterocycles. The fourth-order valence-corrected chi connectivity index (χ4v) is 3.47. The normalized spacial score (nSPS) is 16.8. The van der Waals surface area contributed by atoms with Crippen molar-refractivity contribution in [2.45, 2.75) is 122 Å². The Morgan fingerprint density at radius 3 is 1.80 bits per heavy atom. The van der Waals surface area contributed by atoms with Crippen LogP contribution in [0.15, 0.2) is 5.22 Å². The summed E-state index contributed by atoms with van der Waals surface area (Å²) in [7, 11) is -2.61. The number of aliphatic hydroxyl groups excluding tert-OH is 5. The highest BCUT2D eigenvalue weighted by Crippen LogP contribution is 2.37. The van der Waals surface area contributed by atoms with Gasteiger partial charge in [-0.3, -0.25) is 4.84 Å². The van der Waals surface area contributed by atoms with Crippen molar-refractivity contribution in [3.63, 3.8) is 0 Å². The zero-order valence-corrected chi connectivity index (χ0v) is 26.2. The first-order valence-corrected chi connectivity index (χ1v) is 15.5. The Morgan fingerprint density at radius 1 is 0.875 bits per heavy atom. The average molecular weight is 598 g/mol. The lowest BCUT2D eigenvalue weighted by molar-refractivity contribution is -0.336. The quantitative estimate of drug-likeness (QED) is 0.0389. The second kappa shape index (κ2) is 14.7. The van der Waals surface area contributed by atoms with Gasteiger partial charge in [-0.25, -0.2) is 4.79 Å². The van der Waals surface area contributed by atoms with Crippen molar-refractivity contribution >= 4 is 20.4 Å². The van der Waals surface area contributed by atoms with Crippen LogP contribution in [0.5, 0.6) is 0 Å². The summed E-state index contributed by atoms with van der Waals surface area (Å²) in [5.74, 6) is -0.731. The molecule has 3 unspecified atom stereocenters. The molecule has 0 fully saturated rings. The first-order chi connectivity index (χ1) is 17.8. The molecule has 5 atom stereocenters. The number of esters is 1. The summed E-state index contributed by atoms with van der Waals surface area (Å²) in [5, 5.41) is 56.0. The molecule has 17 heteroatoms. The van der Waals surface area contributed by atoms with Crippen LogP contribution in [0.1, 0.15) is 62.3 Å². The van der Waals surface area contributed by atoms with Gasteiger partial charge in [-0.2, -0.15) is 9.71 Å². The van der Waals surface area contributed by atoms with E-state index in [9.17, 15) is 35.1 Å². The minimum atomic E-state index is -2.61. The summed E-state index contributed by atoms with van der Waals surface area (Å²) < 4.78 is 16.2. The molecule has 0 heterocycles. The van der Waals surface area contributed by atoms with Crippen LogP contribution in [0, 0.1) is 0 Å². The largest absolute Gasteiger partial charge is 0.513 e. The molecule has 0 aromatic carbocycles. The van der Waals surface area contributed by atoms with Crippen molar-refractivity contribution in [3.05, 3.63) is 10.4 Å². The van der Waals surface area contributed by atoms with Gasteiger partial charge in [0.25, 0.3) is 0 Å². The second-order valence-electron chi connectivity index (χ2n) is 12.7. The third-order valence-corrected chi connectivity index (χ3v) is 9.86. The molecule has 234 valence electrons. The van der Waals surface area contributed by atoms with E-state index in [2.05, 4.69) is 10.1 Å². The lowest BCUT2D eigenvalue weighted by Crippen LogP contribution is -2.57. The molecule has 0 radical (unpaired) electrons. The Balaban J connectivity index is 5.73. The Labute approximate surface area is 236 Å². The van der Waals surface area contributed by atoms with E-state index in [0.29, 0.717) is 0 Å². The smallest absolute Gasteiger partial charge is 0.458 e. The Bertz CT molecular complexity index is 882. The summed E-state index contributed by atoms with van der Waals surface area (Å²) in [6.07, 6.45) is -12.3. The maximum Gasteiger partial charge on any atom is 0.513 e. The molecule has 1 amide bonds. The zero-order valence-electron chi connectivity index (χ0n) is 25.2. The van der Waals surface area contributed by atoms with Gasteiger partial charge in [-0.15, -0.1) is 10.5 Å². The lowest BCUT2D eigenvalue weighted by atomic mass is 10.0. The van der Waals surface area contributed by atoms with Gasteiger partial charge in [0.2, 0.25) is 14.5 Å². The van der Waals surface area contributed by atoms with Gasteiger partial charge >= 0.3 is 12.1 Å². The highest BCUT2D eigenvalue weighted by Gasteiger charge is 2.44. The van der Waals surface area contributed by atoms with Crippen molar-refractivity contribution in [3.8, 4) is 0 Å². The summed E-state index contributed by atoms with van der Waals surface area (Å²) >= 11 is 0. The summed E-state index contributed by atoms with van der Waals surface area (Å²) in [6, 6.07) is 0. The van der Waals surface area contributed by atoms with Gasteiger partial charge in [-0.05, 0) is 64.9 Å². The number of azide groups is 1. The maximum absolute atomic E-state index is 12.3. The van der Waals surface area contributed by atoms with E-state index in [-0.39, 0.29) is 10.0 Å². The van der Waals surface area contributed by atoms with E-state index in [1.807, 2.05) is 33.9 Å². The maximum atomic E-state index is 12.3. The molecule has 0 saturated carbocycles. The van der Waals surface area contributed by atoms with Crippen molar-refractivity contribution in [1.29, 1.82) is 0 Å². The summed E-state index contributed by atoms with van der Waals surface area (Å²) in [5.41, 5.74) is 6.90. The topological polar surface area (TPSA) is 227 Å². The van der Waals surface area contributed by atoms with Gasteiger partial charge in [0.15, 0.2) is 6.61 Å². The highest BCUT2D eigenvalue weighted by atomic mass is 28.4. The van der Waals surface area contributed by atoms with Crippen LogP contribution in [0.25, 0.3) is 10.4 Å². The highest BCUT2D eigenvalue weighted by molar-refractivity contribution is 6.74. The lowest BCUT2D eigenvalue weighted by Gasteiger charge is -2.40. The number of carbonyl (C=O) groups is 2. The predicted octanol–water partition coefficient (Wildman–Crippen LogP) is 1.72. The third kappa shape index (κ3) is 13.1. The van der Waals surface area contributed by atoms with Crippen molar-refractivity contribution in [2.24, 2.45) is 5.22 Å². The molecule has 0 bridgehead atoms. The Hall–Kier alpha value is -2.05. The number of nitrogens with zero attached hydrogens (tertiary/aromatic N) is 5. The van der Waals surface area contributed by atoms with Gasteiger partial charge in [-0.1, -0.05) is 26.0 Å². The third-order valence-electron chi connectivity index (χ3n) is 5.59. The van der Waals surface area contributed by atoms with Crippen LogP contribution in [0.4, 0.5) is 4.79 Å².